The van der Waals surface area contributed by atoms with Crippen LogP contribution in [-0.4, -0.2) is 28.1 Å². The van der Waals surface area contributed by atoms with Crippen LogP contribution in [0.15, 0.2) is 24.3 Å². The van der Waals surface area contributed by atoms with E-state index in [0.29, 0.717) is 11.6 Å². The van der Waals surface area contributed by atoms with Gasteiger partial charge in [0.2, 0.25) is 0 Å². The Kier molecular flexibility index (Phi) is 5.15. The molecular weight excluding hydrogens is 337 g/mol. The van der Waals surface area contributed by atoms with Crippen molar-refractivity contribution in [3.63, 3.8) is 0 Å². The van der Waals surface area contributed by atoms with E-state index < -0.39 is 29.4 Å². The summed E-state index contributed by atoms with van der Waals surface area (Å²) in [5.74, 6) is -1.24. The maximum Gasteiger partial charge on any atom is 0.432 e. The Morgan fingerprint density at radius 2 is 1.88 bits per heavy atom. The molecule has 25 heavy (non-hydrogen) atoms. The molecule has 0 radical (unpaired) electrons. The lowest BCUT2D eigenvalue weighted by molar-refractivity contribution is -0.141. The van der Waals surface area contributed by atoms with Crippen molar-refractivity contribution in [2.45, 2.75) is 33.0 Å². The summed E-state index contributed by atoms with van der Waals surface area (Å²) in [6.07, 6.45) is -4.63. The van der Waals surface area contributed by atoms with E-state index >= 15 is 0 Å². The number of aromatic nitrogens is 2. The van der Waals surface area contributed by atoms with Crippen LogP contribution in [0.1, 0.15) is 46.0 Å². The number of aromatic amines is 1. The predicted octanol–water partition coefficient (Wildman–Crippen LogP) is 3.13. The highest BCUT2D eigenvalue weighted by atomic mass is 19.4. The van der Waals surface area contributed by atoms with Gasteiger partial charge in [-0.05, 0) is 32.4 Å². The molecule has 0 spiro atoms. The van der Waals surface area contributed by atoms with Gasteiger partial charge in [0, 0.05) is 12.1 Å². The van der Waals surface area contributed by atoms with Crippen LogP contribution in [0.25, 0.3) is 0 Å². The van der Waals surface area contributed by atoms with E-state index in [1.54, 1.807) is 38.0 Å². The molecule has 9 heteroatoms. The van der Waals surface area contributed by atoms with E-state index in [4.69, 9.17) is 0 Å². The van der Waals surface area contributed by atoms with Crippen molar-refractivity contribution in [2.24, 2.45) is 0 Å². The number of para-hydroxylation sites is 1. The first kappa shape index (κ1) is 18.5. The number of halogens is 3. The molecular formula is C16H17F3N4O2. The van der Waals surface area contributed by atoms with Crippen LogP contribution in [0.5, 0.6) is 0 Å². The lowest BCUT2D eigenvalue weighted by atomic mass is 10.1. The highest BCUT2D eigenvalue weighted by molar-refractivity contribution is 6.09. The Morgan fingerprint density at radius 3 is 2.44 bits per heavy atom. The summed E-state index contributed by atoms with van der Waals surface area (Å²) in [5.41, 5.74) is -0.516. The fourth-order valence-electron chi connectivity index (χ4n) is 2.12. The highest BCUT2D eigenvalue weighted by Gasteiger charge is 2.34. The van der Waals surface area contributed by atoms with Crippen LogP contribution < -0.4 is 10.6 Å². The van der Waals surface area contributed by atoms with Crippen molar-refractivity contribution in [3.8, 4) is 0 Å². The van der Waals surface area contributed by atoms with E-state index in [-0.39, 0.29) is 17.3 Å². The van der Waals surface area contributed by atoms with Gasteiger partial charge >= 0.3 is 6.18 Å². The fourth-order valence-corrected chi connectivity index (χ4v) is 2.12. The summed E-state index contributed by atoms with van der Waals surface area (Å²) < 4.78 is 37.8. The number of rotatable bonds is 4. The van der Waals surface area contributed by atoms with Gasteiger partial charge in [-0.1, -0.05) is 12.1 Å². The number of amides is 2. The molecule has 6 nitrogen and oxygen atoms in total. The monoisotopic (exact) mass is 354 g/mol. The molecule has 0 aliphatic carbocycles. The normalized spacial score (nSPS) is 11.5. The first-order valence-corrected chi connectivity index (χ1v) is 7.44. The number of nitrogens with zero attached hydrogens (tertiary/aromatic N) is 1. The van der Waals surface area contributed by atoms with Crippen LogP contribution in [-0.2, 0) is 6.18 Å². The summed E-state index contributed by atoms with van der Waals surface area (Å²) in [6, 6.07) is 5.34. The Balaban J connectivity index is 2.29. The Labute approximate surface area is 141 Å². The average Bonchev–Trinajstić information content (AvgIpc) is 2.98. The van der Waals surface area contributed by atoms with Crippen molar-refractivity contribution >= 4 is 17.5 Å². The van der Waals surface area contributed by atoms with Crippen molar-refractivity contribution in [1.82, 2.24) is 15.5 Å². The zero-order chi connectivity index (χ0) is 18.8. The second-order valence-electron chi connectivity index (χ2n) is 5.74. The number of H-pyrrole nitrogens is 1. The maximum absolute atomic E-state index is 12.6. The smallest absolute Gasteiger partial charge is 0.350 e. The summed E-state index contributed by atoms with van der Waals surface area (Å²) in [5, 5.41) is 10.3. The Bertz CT molecular complexity index is 797. The third-order valence-electron chi connectivity index (χ3n) is 3.29. The quantitative estimate of drug-likeness (QED) is 0.788. The van der Waals surface area contributed by atoms with Gasteiger partial charge in [-0.2, -0.15) is 18.3 Å². The van der Waals surface area contributed by atoms with E-state index in [1.165, 1.54) is 6.07 Å². The molecule has 0 saturated heterocycles. The molecule has 3 N–H and O–H groups in total. The molecule has 0 bridgehead atoms. The SMILES string of the molecule is Cc1cccc(C(=O)NC(C)C)c1NC(=O)c1cc(C(F)(F)F)[nH]n1. The van der Waals surface area contributed by atoms with Crippen LogP contribution in [0.2, 0.25) is 0 Å². The number of aryl methyl sites for hydroxylation is 1. The Hall–Kier alpha value is -2.84. The van der Waals surface area contributed by atoms with Crippen LogP contribution in [0, 0.1) is 6.92 Å². The minimum atomic E-state index is -4.63. The van der Waals surface area contributed by atoms with Crippen molar-refractivity contribution in [1.29, 1.82) is 0 Å². The third kappa shape index (κ3) is 4.37. The van der Waals surface area contributed by atoms with Gasteiger partial charge in [-0.15, -0.1) is 0 Å². The summed E-state index contributed by atoms with van der Waals surface area (Å²) >= 11 is 0. The molecule has 134 valence electrons. The molecule has 0 saturated carbocycles. The van der Waals surface area contributed by atoms with Crippen molar-refractivity contribution in [3.05, 3.63) is 46.8 Å². The van der Waals surface area contributed by atoms with Gasteiger partial charge in [0.15, 0.2) is 5.69 Å². The number of hydrogen-bond donors (Lipinski definition) is 3. The van der Waals surface area contributed by atoms with Crippen LogP contribution in [0.4, 0.5) is 18.9 Å². The number of hydrogen-bond acceptors (Lipinski definition) is 3. The van der Waals surface area contributed by atoms with E-state index in [2.05, 4.69) is 15.7 Å². The number of anilines is 1. The molecule has 1 aromatic carbocycles. The van der Waals surface area contributed by atoms with Gasteiger partial charge in [-0.25, -0.2) is 0 Å². The number of carbonyl (C=O) groups excluding carboxylic acids is 2. The molecule has 0 fully saturated rings. The molecule has 2 rings (SSSR count). The number of nitrogens with one attached hydrogen (secondary N) is 3. The second-order valence-corrected chi connectivity index (χ2v) is 5.74. The van der Waals surface area contributed by atoms with Gasteiger partial charge < -0.3 is 10.6 Å². The van der Waals surface area contributed by atoms with Crippen LogP contribution in [0.3, 0.4) is 0 Å². The zero-order valence-corrected chi connectivity index (χ0v) is 13.8. The lowest BCUT2D eigenvalue weighted by Crippen LogP contribution is -2.31. The summed E-state index contributed by atoms with van der Waals surface area (Å²) in [6.45, 7) is 5.25. The summed E-state index contributed by atoms with van der Waals surface area (Å²) in [7, 11) is 0. The first-order chi connectivity index (χ1) is 11.6. The Morgan fingerprint density at radius 1 is 1.20 bits per heavy atom. The maximum atomic E-state index is 12.6. The van der Waals surface area contributed by atoms with Gasteiger partial charge in [0.1, 0.15) is 5.69 Å². The first-order valence-electron chi connectivity index (χ1n) is 7.44. The van der Waals surface area contributed by atoms with E-state index in [0.717, 1.165) is 0 Å². The fraction of sp³-hybridized carbons (Fsp3) is 0.312. The van der Waals surface area contributed by atoms with E-state index in [9.17, 15) is 22.8 Å². The highest BCUT2D eigenvalue weighted by Crippen LogP contribution is 2.28. The zero-order valence-electron chi connectivity index (χ0n) is 13.8. The molecule has 2 aromatic rings. The average molecular weight is 354 g/mol. The molecule has 1 aromatic heterocycles. The predicted molar refractivity (Wildman–Crippen MR) is 85.3 cm³/mol. The number of benzene rings is 1. The topological polar surface area (TPSA) is 86.9 Å². The van der Waals surface area contributed by atoms with Crippen molar-refractivity contribution in [2.75, 3.05) is 5.32 Å². The molecule has 0 aliphatic rings. The molecule has 0 aliphatic heterocycles. The largest absolute Gasteiger partial charge is 0.432 e. The van der Waals surface area contributed by atoms with Gasteiger partial charge in [0.05, 0.1) is 11.3 Å². The number of alkyl halides is 3. The van der Waals surface area contributed by atoms with Crippen molar-refractivity contribution < 1.29 is 22.8 Å². The van der Waals surface area contributed by atoms with Gasteiger partial charge in [-0.3, -0.25) is 14.7 Å². The minimum absolute atomic E-state index is 0.114. The third-order valence-corrected chi connectivity index (χ3v) is 3.29. The molecule has 0 atom stereocenters. The lowest BCUT2D eigenvalue weighted by Gasteiger charge is -2.14. The van der Waals surface area contributed by atoms with Gasteiger partial charge in [0.25, 0.3) is 11.8 Å². The molecule has 0 unspecified atom stereocenters. The number of carbonyl (C=O) groups is 2. The van der Waals surface area contributed by atoms with E-state index in [1.807, 2.05) is 0 Å². The molecule has 1 heterocycles. The second kappa shape index (κ2) is 6.96. The molecule has 2 amide bonds. The minimum Gasteiger partial charge on any atom is -0.350 e. The van der Waals surface area contributed by atoms with Crippen LogP contribution >= 0.6 is 0 Å². The standard InChI is InChI=1S/C16H17F3N4O2/c1-8(2)20-14(24)10-6-4-5-9(3)13(10)21-15(25)11-7-12(23-22-11)16(17,18)19/h4-8H,1-3H3,(H,20,24)(H,21,25)(H,22,23). The summed E-state index contributed by atoms with van der Waals surface area (Å²) in [4.78, 5) is 24.5.